The van der Waals surface area contributed by atoms with Crippen LogP contribution >= 0.6 is 0 Å². The lowest BCUT2D eigenvalue weighted by atomic mass is 10.1. The van der Waals surface area contributed by atoms with Gasteiger partial charge in [-0.15, -0.1) is 0 Å². The number of aryl methyl sites for hydroxylation is 1. The van der Waals surface area contributed by atoms with Crippen LogP contribution < -0.4 is 29.7 Å². The van der Waals surface area contributed by atoms with Gasteiger partial charge < -0.3 is 34.5 Å². The number of ether oxygens (including phenoxy) is 4. The van der Waals surface area contributed by atoms with Crippen molar-refractivity contribution in [1.82, 2.24) is 15.3 Å². The lowest BCUT2D eigenvalue weighted by Crippen LogP contribution is -2.37. The van der Waals surface area contributed by atoms with Gasteiger partial charge in [-0.05, 0) is 19.1 Å². The molecule has 0 bridgehead atoms. The number of hydrogen-bond acceptors (Lipinski definition) is 9. The van der Waals surface area contributed by atoms with E-state index in [2.05, 4.69) is 25.5 Å². The summed E-state index contributed by atoms with van der Waals surface area (Å²) in [5, 5.41) is 6.04. The van der Waals surface area contributed by atoms with Gasteiger partial charge in [-0.2, -0.15) is 4.98 Å². The topological polar surface area (TPSA) is 107 Å². The molecular weight excluding hydrogens is 402 g/mol. The van der Waals surface area contributed by atoms with Crippen LogP contribution in [-0.4, -0.2) is 76.6 Å². The maximum absolute atomic E-state index is 12.6. The third kappa shape index (κ3) is 5.66. The smallest absolute Gasteiger partial charge is 0.251 e. The van der Waals surface area contributed by atoms with Crippen molar-refractivity contribution in [3.8, 4) is 17.2 Å². The number of nitrogens with zero attached hydrogens (tertiary/aromatic N) is 3. The van der Waals surface area contributed by atoms with Crippen molar-refractivity contribution in [1.29, 1.82) is 0 Å². The van der Waals surface area contributed by atoms with E-state index in [1.807, 2.05) is 13.0 Å². The lowest BCUT2D eigenvalue weighted by molar-refractivity contribution is 0.0954. The predicted octanol–water partition coefficient (Wildman–Crippen LogP) is 1.49. The second kappa shape index (κ2) is 10.7. The fraction of sp³-hybridized carbons (Fsp3) is 0.476. The molecule has 1 aromatic carbocycles. The Kier molecular flexibility index (Phi) is 7.71. The van der Waals surface area contributed by atoms with Gasteiger partial charge in [-0.3, -0.25) is 4.79 Å². The third-order valence-electron chi connectivity index (χ3n) is 4.80. The molecule has 31 heavy (non-hydrogen) atoms. The van der Waals surface area contributed by atoms with E-state index < -0.39 is 0 Å². The molecule has 0 spiro atoms. The summed E-state index contributed by atoms with van der Waals surface area (Å²) in [5.74, 6) is 2.45. The molecule has 0 saturated carbocycles. The first-order chi connectivity index (χ1) is 15.0. The zero-order chi connectivity index (χ0) is 22.2. The number of carbonyl (C=O) groups is 1. The van der Waals surface area contributed by atoms with Gasteiger partial charge in [0.05, 0.1) is 34.5 Å². The van der Waals surface area contributed by atoms with Gasteiger partial charge in [0.15, 0.2) is 11.5 Å². The van der Waals surface area contributed by atoms with Crippen LogP contribution in [0.4, 0.5) is 11.8 Å². The number of carbonyl (C=O) groups excluding carboxylic acids is 1. The van der Waals surface area contributed by atoms with Crippen LogP contribution in [0.25, 0.3) is 0 Å². The Hall–Kier alpha value is -3.27. The summed E-state index contributed by atoms with van der Waals surface area (Å²) in [6.07, 6.45) is 0. The van der Waals surface area contributed by atoms with Gasteiger partial charge in [0.25, 0.3) is 5.91 Å². The average molecular weight is 431 g/mol. The molecule has 0 unspecified atom stereocenters. The Morgan fingerprint density at radius 2 is 1.71 bits per heavy atom. The normalized spacial score (nSPS) is 13.5. The maximum Gasteiger partial charge on any atom is 0.251 e. The summed E-state index contributed by atoms with van der Waals surface area (Å²) in [4.78, 5) is 23.8. The van der Waals surface area contributed by atoms with E-state index in [-0.39, 0.29) is 5.91 Å². The number of nitrogens with one attached hydrogen (secondary N) is 2. The first kappa shape index (κ1) is 22.4. The number of hydrogen-bond donors (Lipinski definition) is 2. The molecule has 168 valence electrons. The second-order valence-corrected chi connectivity index (χ2v) is 6.89. The largest absolute Gasteiger partial charge is 0.493 e. The summed E-state index contributed by atoms with van der Waals surface area (Å²) in [6, 6.07) is 5.19. The molecule has 1 amide bonds. The second-order valence-electron chi connectivity index (χ2n) is 6.89. The van der Waals surface area contributed by atoms with Crippen molar-refractivity contribution >= 4 is 17.7 Å². The monoisotopic (exact) mass is 431 g/mol. The number of benzene rings is 1. The first-order valence-corrected chi connectivity index (χ1v) is 10.1. The summed E-state index contributed by atoms with van der Waals surface area (Å²) >= 11 is 0. The van der Waals surface area contributed by atoms with E-state index >= 15 is 0 Å². The van der Waals surface area contributed by atoms with E-state index in [0.717, 1.165) is 24.6 Å². The SMILES string of the molecule is COc1cc(C(=O)NCCNc2nc(C)cc(N3CCOCC3)n2)cc(OC)c1OC. The van der Waals surface area contributed by atoms with Gasteiger partial charge in [-0.25, -0.2) is 4.98 Å². The van der Waals surface area contributed by atoms with Crippen molar-refractivity contribution < 1.29 is 23.7 Å². The van der Waals surface area contributed by atoms with E-state index in [4.69, 9.17) is 18.9 Å². The van der Waals surface area contributed by atoms with E-state index in [1.165, 1.54) is 21.3 Å². The fourth-order valence-electron chi connectivity index (χ4n) is 3.25. The predicted molar refractivity (Wildman–Crippen MR) is 117 cm³/mol. The Morgan fingerprint density at radius 3 is 2.32 bits per heavy atom. The Labute approximate surface area is 181 Å². The minimum Gasteiger partial charge on any atom is -0.493 e. The molecule has 0 radical (unpaired) electrons. The van der Waals surface area contributed by atoms with Crippen LogP contribution in [0.1, 0.15) is 16.1 Å². The number of anilines is 2. The highest BCUT2D eigenvalue weighted by atomic mass is 16.5. The summed E-state index contributed by atoms with van der Waals surface area (Å²) in [7, 11) is 4.54. The van der Waals surface area contributed by atoms with Gasteiger partial charge in [-0.1, -0.05) is 0 Å². The number of methoxy groups -OCH3 is 3. The van der Waals surface area contributed by atoms with Crippen molar-refractivity contribution in [3.05, 3.63) is 29.5 Å². The van der Waals surface area contributed by atoms with Crippen LogP contribution in [0.3, 0.4) is 0 Å². The zero-order valence-electron chi connectivity index (χ0n) is 18.4. The zero-order valence-corrected chi connectivity index (χ0v) is 18.4. The van der Waals surface area contributed by atoms with E-state index in [0.29, 0.717) is 55.1 Å². The standard InChI is InChI=1S/C21H29N5O5/c1-14-11-18(26-7-9-31-10-8-26)25-21(24-14)23-6-5-22-20(27)15-12-16(28-2)19(30-4)17(13-15)29-3/h11-13H,5-10H2,1-4H3,(H,22,27)(H,23,24,25). The van der Waals surface area contributed by atoms with Gasteiger partial charge in [0.1, 0.15) is 5.82 Å². The average Bonchev–Trinajstić information content (AvgIpc) is 2.80. The molecule has 10 nitrogen and oxygen atoms in total. The van der Waals surface area contributed by atoms with Crippen LogP contribution in [0.2, 0.25) is 0 Å². The van der Waals surface area contributed by atoms with E-state index in [9.17, 15) is 4.79 Å². The molecule has 2 heterocycles. The number of amides is 1. The lowest BCUT2D eigenvalue weighted by Gasteiger charge is -2.28. The Bertz CT molecular complexity index is 877. The molecular formula is C21H29N5O5. The molecule has 1 aliphatic heterocycles. The summed E-state index contributed by atoms with van der Waals surface area (Å²) in [6.45, 7) is 5.80. The molecule has 0 atom stereocenters. The van der Waals surface area contributed by atoms with Crippen molar-refractivity contribution in [3.63, 3.8) is 0 Å². The van der Waals surface area contributed by atoms with Crippen LogP contribution in [0.5, 0.6) is 17.2 Å². The van der Waals surface area contributed by atoms with Gasteiger partial charge in [0, 0.05) is 43.5 Å². The van der Waals surface area contributed by atoms with Crippen LogP contribution in [0, 0.1) is 6.92 Å². The number of aromatic nitrogens is 2. The van der Waals surface area contributed by atoms with Gasteiger partial charge >= 0.3 is 0 Å². The molecule has 1 saturated heterocycles. The molecule has 2 N–H and O–H groups in total. The highest BCUT2D eigenvalue weighted by Crippen LogP contribution is 2.38. The molecule has 2 aromatic rings. The number of rotatable bonds is 9. The highest BCUT2D eigenvalue weighted by Gasteiger charge is 2.17. The minimum absolute atomic E-state index is 0.250. The van der Waals surface area contributed by atoms with Crippen molar-refractivity contribution in [2.24, 2.45) is 0 Å². The van der Waals surface area contributed by atoms with Crippen LogP contribution in [0.15, 0.2) is 18.2 Å². The highest BCUT2D eigenvalue weighted by molar-refractivity contribution is 5.95. The minimum atomic E-state index is -0.250. The summed E-state index contributed by atoms with van der Waals surface area (Å²) < 4.78 is 21.3. The number of morpholine rings is 1. The quantitative estimate of drug-likeness (QED) is 0.571. The Balaban J connectivity index is 1.57. The first-order valence-electron chi connectivity index (χ1n) is 10.1. The van der Waals surface area contributed by atoms with Crippen molar-refractivity contribution in [2.75, 3.05) is 70.9 Å². The Morgan fingerprint density at radius 1 is 1.03 bits per heavy atom. The van der Waals surface area contributed by atoms with Crippen LogP contribution in [-0.2, 0) is 4.74 Å². The summed E-state index contributed by atoms with van der Waals surface area (Å²) in [5.41, 5.74) is 1.29. The molecule has 1 aliphatic rings. The molecule has 1 fully saturated rings. The van der Waals surface area contributed by atoms with Gasteiger partial charge in [0.2, 0.25) is 11.7 Å². The molecule has 3 rings (SSSR count). The molecule has 10 heteroatoms. The third-order valence-corrected chi connectivity index (χ3v) is 4.80. The van der Waals surface area contributed by atoms with E-state index in [1.54, 1.807) is 12.1 Å². The fourth-order valence-corrected chi connectivity index (χ4v) is 3.25. The van der Waals surface area contributed by atoms with Crippen molar-refractivity contribution in [2.45, 2.75) is 6.92 Å². The maximum atomic E-state index is 12.6. The molecule has 0 aliphatic carbocycles. The molecule has 1 aromatic heterocycles.